The fraction of sp³-hybridized carbons (Fsp3) is 0.333. The number of ether oxygens (including phenoxy) is 1. The van der Waals surface area contributed by atoms with Crippen LogP contribution in [0.15, 0.2) is 22.7 Å². The summed E-state index contributed by atoms with van der Waals surface area (Å²) in [5.74, 6) is 5.43. The topological polar surface area (TPSA) is 9.23 Å². The molecule has 0 aliphatic rings. The fourth-order valence-corrected chi connectivity index (χ4v) is 1.45. The van der Waals surface area contributed by atoms with E-state index in [0.717, 1.165) is 12.1 Å². The third-order valence-corrected chi connectivity index (χ3v) is 2.64. The van der Waals surface area contributed by atoms with Gasteiger partial charge in [0.05, 0.1) is 12.2 Å². The van der Waals surface area contributed by atoms with E-state index in [1.165, 1.54) is 6.07 Å². The molecule has 0 aromatic heterocycles. The van der Waals surface area contributed by atoms with E-state index in [1.54, 1.807) is 7.11 Å². The molecule has 0 aliphatic heterocycles. The Morgan fingerprint density at radius 1 is 1.35 bits per heavy atom. The lowest BCUT2D eigenvalue weighted by Crippen LogP contribution is -2.04. The zero-order valence-corrected chi connectivity index (χ0v) is 10.7. The lowest BCUT2D eigenvalue weighted by Gasteiger charge is -2.07. The molecule has 1 aromatic rings. The van der Waals surface area contributed by atoms with Gasteiger partial charge in [-0.05, 0) is 34.1 Å². The Bertz CT molecular complexity index is 443. The van der Waals surface area contributed by atoms with Gasteiger partial charge < -0.3 is 4.74 Å². The Balaban J connectivity index is 2.94. The van der Waals surface area contributed by atoms with Crippen molar-refractivity contribution in [3.05, 3.63) is 33.8 Å². The van der Waals surface area contributed by atoms with Crippen molar-refractivity contribution in [2.24, 2.45) is 0 Å². The highest BCUT2D eigenvalue weighted by molar-refractivity contribution is 9.10. The second kappa shape index (κ2) is 6.08. The van der Waals surface area contributed by atoms with E-state index in [-0.39, 0.29) is 0 Å². The van der Waals surface area contributed by atoms with Crippen LogP contribution in [0.5, 0.6) is 0 Å². The van der Waals surface area contributed by atoms with Crippen LogP contribution in [0.2, 0.25) is 0 Å². The van der Waals surface area contributed by atoms with Gasteiger partial charge in [-0.15, -0.1) is 0 Å². The summed E-state index contributed by atoms with van der Waals surface area (Å²) in [4.78, 5) is 0. The Kier molecular flexibility index (Phi) is 5.03. The van der Waals surface area contributed by atoms with Crippen LogP contribution < -0.4 is 0 Å². The first-order valence-electron chi connectivity index (χ1n) is 4.79. The van der Waals surface area contributed by atoms with Crippen molar-refractivity contribution >= 4 is 15.9 Å². The molecule has 1 aromatic carbocycles. The molecule has 1 rings (SSSR count). The van der Waals surface area contributed by atoms with Crippen LogP contribution in [0.3, 0.4) is 0 Å². The number of halogens is 4. The van der Waals surface area contributed by atoms with Gasteiger partial charge in [-0.25, -0.2) is 0 Å². The molecule has 0 N–H and O–H groups in total. The van der Waals surface area contributed by atoms with E-state index in [4.69, 9.17) is 4.74 Å². The number of rotatable bonds is 2. The van der Waals surface area contributed by atoms with Crippen LogP contribution in [-0.2, 0) is 10.9 Å². The number of methoxy groups -OCH3 is 1. The number of hydrogen-bond acceptors (Lipinski definition) is 1. The first kappa shape index (κ1) is 14.1. The van der Waals surface area contributed by atoms with Crippen LogP contribution in [0.25, 0.3) is 0 Å². The zero-order chi connectivity index (χ0) is 12.9. The predicted molar refractivity (Wildman–Crippen MR) is 62.5 cm³/mol. The Morgan fingerprint density at radius 3 is 2.65 bits per heavy atom. The van der Waals surface area contributed by atoms with Crippen LogP contribution in [0, 0.1) is 11.8 Å². The van der Waals surface area contributed by atoms with Gasteiger partial charge >= 0.3 is 6.18 Å². The summed E-state index contributed by atoms with van der Waals surface area (Å²) in [5.41, 5.74) is -0.368. The molecule has 0 bridgehead atoms. The minimum Gasteiger partial charge on any atom is -0.384 e. The Morgan fingerprint density at radius 2 is 2.06 bits per heavy atom. The van der Waals surface area contributed by atoms with E-state index in [1.807, 2.05) is 0 Å². The predicted octanol–water partition coefficient (Wildman–Crippen LogP) is 3.86. The smallest absolute Gasteiger partial charge is 0.384 e. The quantitative estimate of drug-likeness (QED) is 0.595. The largest absolute Gasteiger partial charge is 0.416 e. The average Bonchev–Trinajstić information content (AvgIpc) is 2.25. The van der Waals surface area contributed by atoms with Crippen LogP contribution in [0.4, 0.5) is 13.2 Å². The van der Waals surface area contributed by atoms with Gasteiger partial charge in [0.25, 0.3) is 0 Å². The second-order valence-electron chi connectivity index (χ2n) is 3.24. The molecule has 0 saturated carbocycles. The number of alkyl halides is 3. The summed E-state index contributed by atoms with van der Waals surface area (Å²) in [6.07, 6.45) is -3.86. The van der Waals surface area contributed by atoms with Crippen molar-refractivity contribution in [1.29, 1.82) is 0 Å². The van der Waals surface area contributed by atoms with Crippen molar-refractivity contribution in [3.63, 3.8) is 0 Å². The minimum absolute atomic E-state index is 0.330. The molecular formula is C12H10BrF3O. The van der Waals surface area contributed by atoms with Gasteiger partial charge in [0.1, 0.15) is 0 Å². The number of hydrogen-bond donors (Lipinski definition) is 0. The SMILES string of the molecule is COCCC#Cc1cc(C(F)(F)F)ccc1Br. The first-order valence-corrected chi connectivity index (χ1v) is 5.59. The third-order valence-electron chi connectivity index (χ3n) is 1.95. The number of benzene rings is 1. The van der Waals surface area contributed by atoms with E-state index < -0.39 is 11.7 Å². The molecule has 0 amide bonds. The van der Waals surface area contributed by atoms with E-state index in [2.05, 4.69) is 27.8 Å². The molecule has 0 unspecified atom stereocenters. The van der Waals surface area contributed by atoms with Crippen molar-refractivity contribution in [2.45, 2.75) is 12.6 Å². The average molecular weight is 307 g/mol. The summed E-state index contributed by atoms with van der Waals surface area (Å²) < 4.78 is 42.7. The van der Waals surface area contributed by atoms with Crippen LogP contribution in [0.1, 0.15) is 17.5 Å². The zero-order valence-electron chi connectivity index (χ0n) is 9.07. The molecule has 17 heavy (non-hydrogen) atoms. The van der Waals surface area contributed by atoms with Gasteiger partial charge in [-0.2, -0.15) is 13.2 Å². The summed E-state index contributed by atoms with van der Waals surface area (Å²) in [7, 11) is 1.54. The molecule has 0 heterocycles. The highest BCUT2D eigenvalue weighted by atomic mass is 79.9. The molecular weight excluding hydrogens is 297 g/mol. The van der Waals surface area contributed by atoms with Crippen molar-refractivity contribution in [1.82, 2.24) is 0 Å². The normalized spacial score (nSPS) is 10.9. The highest BCUT2D eigenvalue weighted by Crippen LogP contribution is 2.31. The van der Waals surface area contributed by atoms with Gasteiger partial charge in [-0.3, -0.25) is 0 Å². The first-order chi connectivity index (χ1) is 7.95. The Hall–Kier alpha value is -0.990. The third kappa shape index (κ3) is 4.41. The Labute approximate surface area is 106 Å². The van der Waals surface area contributed by atoms with Crippen LogP contribution >= 0.6 is 15.9 Å². The minimum atomic E-state index is -4.34. The molecule has 0 spiro atoms. The van der Waals surface area contributed by atoms with Crippen LogP contribution in [-0.4, -0.2) is 13.7 Å². The molecule has 0 saturated heterocycles. The summed E-state index contributed by atoms with van der Waals surface area (Å²) in [5, 5.41) is 0. The second-order valence-corrected chi connectivity index (χ2v) is 4.09. The van der Waals surface area contributed by atoms with E-state index in [0.29, 0.717) is 23.1 Å². The lowest BCUT2D eigenvalue weighted by molar-refractivity contribution is -0.137. The molecule has 0 atom stereocenters. The maximum atomic E-state index is 12.5. The summed E-state index contributed by atoms with van der Waals surface area (Å²) >= 11 is 3.17. The molecule has 0 aliphatic carbocycles. The highest BCUT2D eigenvalue weighted by Gasteiger charge is 2.30. The summed E-state index contributed by atoms with van der Waals surface area (Å²) in [6.45, 7) is 0.462. The fourth-order valence-electron chi connectivity index (χ4n) is 1.11. The molecule has 0 radical (unpaired) electrons. The standard InChI is InChI=1S/C12H10BrF3O/c1-17-7-3-2-4-9-8-10(12(14,15)16)5-6-11(9)13/h5-6,8H,3,7H2,1H3. The van der Waals surface area contributed by atoms with Gasteiger partial charge in [0.15, 0.2) is 0 Å². The molecule has 1 nitrogen and oxygen atoms in total. The maximum absolute atomic E-state index is 12.5. The van der Waals surface area contributed by atoms with E-state index in [9.17, 15) is 13.2 Å². The lowest BCUT2D eigenvalue weighted by atomic mass is 10.1. The summed E-state index contributed by atoms with van der Waals surface area (Å²) in [6, 6.07) is 3.40. The van der Waals surface area contributed by atoms with Crippen molar-refractivity contribution in [2.75, 3.05) is 13.7 Å². The van der Waals surface area contributed by atoms with Gasteiger partial charge in [0.2, 0.25) is 0 Å². The van der Waals surface area contributed by atoms with Gasteiger partial charge in [-0.1, -0.05) is 11.8 Å². The van der Waals surface area contributed by atoms with Crippen molar-refractivity contribution in [3.8, 4) is 11.8 Å². The monoisotopic (exact) mass is 306 g/mol. The van der Waals surface area contributed by atoms with Crippen molar-refractivity contribution < 1.29 is 17.9 Å². The van der Waals surface area contributed by atoms with Gasteiger partial charge in [0, 0.05) is 23.6 Å². The molecule has 92 valence electrons. The molecule has 5 heteroatoms. The van der Waals surface area contributed by atoms with E-state index >= 15 is 0 Å². The maximum Gasteiger partial charge on any atom is 0.416 e. The molecule has 0 fully saturated rings.